The molecule has 2 aromatic heterocycles. The molecular formula is C15H19N5OS. The highest BCUT2D eigenvalue weighted by Crippen LogP contribution is 2.27. The van der Waals surface area contributed by atoms with Crippen molar-refractivity contribution in [1.82, 2.24) is 25.6 Å². The average molecular weight is 317 g/mol. The largest absolute Gasteiger partial charge is 0.351 e. The summed E-state index contributed by atoms with van der Waals surface area (Å²) in [6.45, 7) is 4.96. The van der Waals surface area contributed by atoms with Crippen LogP contribution in [0.5, 0.6) is 0 Å². The minimum Gasteiger partial charge on any atom is -0.351 e. The first-order chi connectivity index (χ1) is 10.7. The van der Waals surface area contributed by atoms with E-state index in [1.165, 1.54) is 11.3 Å². The van der Waals surface area contributed by atoms with E-state index >= 15 is 0 Å². The molecule has 0 spiro atoms. The first-order valence-corrected chi connectivity index (χ1v) is 8.20. The molecule has 0 saturated carbocycles. The van der Waals surface area contributed by atoms with Crippen LogP contribution in [0.2, 0.25) is 0 Å². The van der Waals surface area contributed by atoms with E-state index in [0.717, 1.165) is 25.9 Å². The Labute approximate surface area is 133 Å². The van der Waals surface area contributed by atoms with Gasteiger partial charge in [-0.25, -0.2) is 15.0 Å². The molecule has 22 heavy (non-hydrogen) atoms. The number of hydrogen-bond donors (Lipinski definition) is 2. The molecule has 0 bridgehead atoms. The molecular weight excluding hydrogens is 298 g/mol. The van der Waals surface area contributed by atoms with E-state index < -0.39 is 0 Å². The molecule has 2 aromatic rings. The van der Waals surface area contributed by atoms with Crippen molar-refractivity contribution in [3.05, 3.63) is 29.5 Å². The lowest BCUT2D eigenvalue weighted by Crippen LogP contribution is -2.42. The summed E-state index contributed by atoms with van der Waals surface area (Å²) in [5.74, 6) is 0.483. The van der Waals surface area contributed by atoms with Gasteiger partial charge < -0.3 is 10.6 Å². The maximum atomic E-state index is 12.3. The van der Waals surface area contributed by atoms with E-state index in [9.17, 15) is 4.79 Å². The summed E-state index contributed by atoms with van der Waals surface area (Å²) < 4.78 is 0. The summed E-state index contributed by atoms with van der Waals surface area (Å²) in [6, 6.07) is 1.75. The van der Waals surface area contributed by atoms with Crippen molar-refractivity contribution >= 4 is 17.2 Å². The third-order valence-corrected chi connectivity index (χ3v) is 4.96. The molecule has 1 aliphatic rings. The number of rotatable bonds is 4. The van der Waals surface area contributed by atoms with Crippen LogP contribution < -0.4 is 10.6 Å². The smallest absolute Gasteiger partial charge is 0.263 e. The van der Waals surface area contributed by atoms with Crippen LogP contribution in [0.4, 0.5) is 0 Å². The number of hydrogen-bond acceptors (Lipinski definition) is 6. The molecule has 3 rings (SSSR count). The molecule has 6 nitrogen and oxygen atoms in total. The number of carbonyl (C=O) groups excluding carboxylic acids is 1. The highest BCUT2D eigenvalue weighted by atomic mass is 32.1. The highest BCUT2D eigenvalue weighted by molar-refractivity contribution is 7.16. The van der Waals surface area contributed by atoms with Crippen LogP contribution in [-0.2, 0) is 0 Å². The molecule has 0 aromatic carbocycles. The van der Waals surface area contributed by atoms with Gasteiger partial charge in [0.25, 0.3) is 5.91 Å². The van der Waals surface area contributed by atoms with Crippen LogP contribution >= 0.6 is 11.3 Å². The fourth-order valence-corrected chi connectivity index (χ4v) is 3.26. The monoisotopic (exact) mass is 317 g/mol. The quantitative estimate of drug-likeness (QED) is 0.897. The molecule has 116 valence electrons. The van der Waals surface area contributed by atoms with Crippen molar-refractivity contribution in [3.63, 3.8) is 0 Å². The van der Waals surface area contributed by atoms with Crippen molar-refractivity contribution in [3.8, 4) is 10.8 Å². The highest BCUT2D eigenvalue weighted by Gasteiger charge is 2.27. The van der Waals surface area contributed by atoms with Crippen LogP contribution in [0.15, 0.2) is 24.7 Å². The third-order valence-electron chi connectivity index (χ3n) is 3.97. The number of thiazole rings is 1. The lowest BCUT2D eigenvalue weighted by molar-refractivity contribution is 0.0926. The summed E-state index contributed by atoms with van der Waals surface area (Å²) >= 11 is 1.32. The Hall–Kier alpha value is -1.86. The van der Waals surface area contributed by atoms with Crippen molar-refractivity contribution in [1.29, 1.82) is 0 Å². The van der Waals surface area contributed by atoms with Crippen LogP contribution in [0, 0.1) is 5.41 Å². The molecule has 2 N–H and O–H groups in total. The Morgan fingerprint density at radius 2 is 2.05 bits per heavy atom. The molecule has 0 atom stereocenters. The van der Waals surface area contributed by atoms with E-state index in [1.807, 2.05) is 0 Å². The number of nitrogens with one attached hydrogen (secondary N) is 2. The molecule has 7 heteroatoms. The molecule has 1 saturated heterocycles. The minimum absolute atomic E-state index is 0.0700. The predicted molar refractivity (Wildman–Crippen MR) is 85.7 cm³/mol. The number of carbonyl (C=O) groups is 1. The standard InChI is InChI=1S/C15H19N5OS/c1-15(3-7-16-8-4-15)10-20-13(21)11-9-19-14(22-11)12-17-5-2-6-18-12/h2,5-6,9,16H,3-4,7-8,10H2,1H3,(H,20,21). The zero-order chi connectivity index (χ0) is 15.4. The van der Waals surface area contributed by atoms with Gasteiger partial charge in [0.2, 0.25) is 0 Å². The van der Waals surface area contributed by atoms with E-state index in [4.69, 9.17) is 0 Å². The van der Waals surface area contributed by atoms with Gasteiger partial charge in [-0.1, -0.05) is 6.92 Å². The predicted octanol–water partition coefficient (Wildman–Crippen LogP) is 1.72. The molecule has 0 unspecified atom stereocenters. The number of amides is 1. The van der Waals surface area contributed by atoms with Crippen molar-refractivity contribution in [2.45, 2.75) is 19.8 Å². The Morgan fingerprint density at radius 3 is 2.77 bits per heavy atom. The second-order valence-corrected chi connectivity index (χ2v) is 6.88. The van der Waals surface area contributed by atoms with Crippen molar-refractivity contribution in [2.75, 3.05) is 19.6 Å². The molecule has 1 aliphatic heterocycles. The number of aromatic nitrogens is 3. The second kappa shape index (κ2) is 6.50. The Bertz CT molecular complexity index is 636. The van der Waals surface area contributed by atoms with E-state index in [2.05, 4.69) is 32.5 Å². The van der Waals surface area contributed by atoms with Crippen LogP contribution in [-0.4, -0.2) is 40.5 Å². The SMILES string of the molecule is CC1(CNC(=O)c2cnc(-c3ncccn3)s2)CCNCC1. The zero-order valence-electron chi connectivity index (χ0n) is 12.5. The van der Waals surface area contributed by atoms with E-state index in [1.54, 1.807) is 24.7 Å². The topological polar surface area (TPSA) is 79.8 Å². The van der Waals surface area contributed by atoms with Gasteiger partial charge in [0, 0.05) is 18.9 Å². The fourth-order valence-electron chi connectivity index (χ4n) is 2.48. The number of nitrogens with zero attached hydrogens (tertiary/aromatic N) is 3. The molecule has 0 aliphatic carbocycles. The van der Waals surface area contributed by atoms with Gasteiger partial charge in [-0.15, -0.1) is 11.3 Å². The second-order valence-electron chi connectivity index (χ2n) is 5.85. The lowest BCUT2D eigenvalue weighted by Gasteiger charge is -2.34. The molecule has 1 amide bonds. The molecule has 3 heterocycles. The Balaban J connectivity index is 1.62. The lowest BCUT2D eigenvalue weighted by atomic mass is 9.81. The van der Waals surface area contributed by atoms with Crippen molar-refractivity contribution in [2.24, 2.45) is 5.41 Å². The first-order valence-electron chi connectivity index (χ1n) is 7.38. The number of piperidine rings is 1. The van der Waals surface area contributed by atoms with Gasteiger partial charge in [-0.05, 0) is 37.4 Å². The van der Waals surface area contributed by atoms with Gasteiger partial charge in [0.1, 0.15) is 4.88 Å². The van der Waals surface area contributed by atoms with Gasteiger partial charge in [-0.2, -0.15) is 0 Å². The summed E-state index contributed by atoms with van der Waals surface area (Å²) in [4.78, 5) is 25.4. The van der Waals surface area contributed by atoms with Gasteiger partial charge in [-0.3, -0.25) is 4.79 Å². The summed E-state index contributed by atoms with van der Waals surface area (Å²) in [5.41, 5.74) is 0.178. The fraction of sp³-hybridized carbons (Fsp3) is 0.467. The minimum atomic E-state index is -0.0700. The first kappa shape index (κ1) is 15.1. The molecule has 1 fully saturated rings. The maximum Gasteiger partial charge on any atom is 0.263 e. The zero-order valence-corrected chi connectivity index (χ0v) is 13.3. The van der Waals surface area contributed by atoms with Gasteiger partial charge >= 0.3 is 0 Å². The van der Waals surface area contributed by atoms with Crippen molar-refractivity contribution < 1.29 is 4.79 Å². The average Bonchev–Trinajstić information content (AvgIpc) is 3.04. The molecule has 0 radical (unpaired) electrons. The van der Waals surface area contributed by atoms with Crippen LogP contribution in [0.3, 0.4) is 0 Å². The van der Waals surface area contributed by atoms with Crippen LogP contribution in [0.1, 0.15) is 29.4 Å². The summed E-state index contributed by atoms with van der Waals surface area (Å²) in [6.07, 6.45) is 7.09. The van der Waals surface area contributed by atoms with Crippen LogP contribution in [0.25, 0.3) is 10.8 Å². The maximum absolute atomic E-state index is 12.3. The summed E-state index contributed by atoms with van der Waals surface area (Å²) in [7, 11) is 0. The van der Waals surface area contributed by atoms with E-state index in [0.29, 0.717) is 22.3 Å². The Kier molecular flexibility index (Phi) is 4.44. The third kappa shape index (κ3) is 3.48. The van der Waals surface area contributed by atoms with Gasteiger partial charge in [0.15, 0.2) is 10.8 Å². The normalized spacial score (nSPS) is 17.1. The van der Waals surface area contributed by atoms with E-state index in [-0.39, 0.29) is 11.3 Å². The van der Waals surface area contributed by atoms with Gasteiger partial charge in [0.05, 0.1) is 6.20 Å². The Morgan fingerprint density at radius 1 is 1.32 bits per heavy atom. The summed E-state index contributed by atoms with van der Waals surface area (Å²) in [5, 5.41) is 7.05.